The number of rotatable bonds is 6. The van der Waals surface area contributed by atoms with Gasteiger partial charge in [-0.05, 0) is 45.4 Å². The Hall–Kier alpha value is -3.87. The Morgan fingerprint density at radius 3 is 2.36 bits per heavy atom. The van der Waals surface area contributed by atoms with Crippen molar-refractivity contribution in [1.82, 2.24) is 9.55 Å². The number of fused-ring (bicyclic) bond motifs is 1. The standard InChI is InChI=1S/C26H28N4O3/c1-5-33-25(31)20-17(4)28-24-22(21(20)18-12-8-6-9-13-18)23(27-16(2)3)29-26(32)30(24)19-14-10-7-11-15-19/h6-16,21,28H,5H2,1-4H3,(H,27,29,32). The maximum Gasteiger partial charge on any atom is 0.355 e. The predicted molar refractivity (Wildman–Crippen MR) is 130 cm³/mol. The molecule has 1 unspecified atom stereocenters. The van der Waals surface area contributed by atoms with E-state index < -0.39 is 17.6 Å². The molecule has 0 aliphatic carbocycles. The maximum atomic E-state index is 13.2. The number of hydrogen-bond donors (Lipinski definition) is 2. The van der Waals surface area contributed by atoms with Crippen molar-refractivity contribution in [3.63, 3.8) is 0 Å². The Balaban J connectivity index is 2.07. The number of carbonyl (C=O) groups excluding carboxylic acids is 1. The first kappa shape index (κ1) is 22.3. The first-order valence-corrected chi connectivity index (χ1v) is 11.1. The molecule has 1 aliphatic rings. The molecule has 1 aliphatic heterocycles. The molecule has 0 bridgehead atoms. The van der Waals surface area contributed by atoms with E-state index in [9.17, 15) is 9.59 Å². The number of nitrogens with zero attached hydrogens (tertiary/aromatic N) is 2. The average molecular weight is 445 g/mol. The van der Waals surface area contributed by atoms with Gasteiger partial charge in [-0.15, -0.1) is 0 Å². The number of benzene rings is 2. The Kier molecular flexibility index (Phi) is 6.31. The molecule has 4 rings (SSSR count). The van der Waals surface area contributed by atoms with Gasteiger partial charge >= 0.3 is 11.7 Å². The number of esters is 1. The van der Waals surface area contributed by atoms with Crippen molar-refractivity contribution < 1.29 is 9.53 Å². The molecule has 0 spiro atoms. The zero-order valence-electron chi connectivity index (χ0n) is 19.3. The molecule has 33 heavy (non-hydrogen) atoms. The lowest BCUT2D eigenvalue weighted by Gasteiger charge is -2.33. The number of hydrogen-bond acceptors (Lipinski definition) is 6. The van der Waals surface area contributed by atoms with Crippen molar-refractivity contribution in [1.29, 1.82) is 0 Å². The summed E-state index contributed by atoms with van der Waals surface area (Å²) in [6, 6.07) is 19.1. The van der Waals surface area contributed by atoms with Crippen LogP contribution in [0.1, 0.15) is 44.7 Å². The molecule has 7 heteroatoms. The number of carbonyl (C=O) groups is 1. The van der Waals surface area contributed by atoms with Crippen molar-refractivity contribution in [3.05, 3.63) is 93.5 Å². The second-order valence-electron chi connectivity index (χ2n) is 8.20. The quantitative estimate of drug-likeness (QED) is 0.547. The predicted octanol–water partition coefficient (Wildman–Crippen LogP) is 4.45. The van der Waals surface area contributed by atoms with Crippen LogP contribution >= 0.6 is 0 Å². The Labute approximate surface area is 193 Å². The van der Waals surface area contributed by atoms with Gasteiger partial charge in [-0.1, -0.05) is 48.5 Å². The molecule has 170 valence electrons. The Morgan fingerprint density at radius 1 is 1.12 bits per heavy atom. The molecule has 0 saturated heterocycles. The van der Waals surface area contributed by atoms with E-state index in [0.29, 0.717) is 28.6 Å². The minimum atomic E-state index is -0.467. The normalized spacial score (nSPS) is 15.1. The van der Waals surface area contributed by atoms with Gasteiger partial charge in [-0.3, -0.25) is 0 Å². The summed E-state index contributed by atoms with van der Waals surface area (Å²) in [5.41, 5.74) is 3.06. The minimum Gasteiger partial charge on any atom is -0.463 e. The third-order valence-corrected chi connectivity index (χ3v) is 5.49. The van der Waals surface area contributed by atoms with Crippen molar-refractivity contribution in [2.24, 2.45) is 0 Å². The monoisotopic (exact) mass is 444 g/mol. The SMILES string of the molecule is CCOC(=O)C1=C(C)Nc2c(c(NC(C)C)nc(=O)n2-c2ccccc2)C1c1ccccc1. The summed E-state index contributed by atoms with van der Waals surface area (Å²) in [5, 5.41) is 6.65. The second kappa shape index (κ2) is 9.32. The smallest absolute Gasteiger partial charge is 0.355 e. The molecule has 7 nitrogen and oxygen atoms in total. The third-order valence-electron chi connectivity index (χ3n) is 5.49. The topological polar surface area (TPSA) is 85.2 Å². The molecule has 3 aromatic rings. The van der Waals surface area contributed by atoms with Crippen LogP contribution in [-0.2, 0) is 9.53 Å². The van der Waals surface area contributed by atoms with Crippen molar-refractivity contribution in [3.8, 4) is 5.69 Å². The highest BCUT2D eigenvalue weighted by Gasteiger charge is 2.37. The third kappa shape index (κ3) is 4.26. The lowest BCUT2D eigenvalue weighted by Crippen LogP contribution is -2.34. The van der Waals surface area contributed by atoms with Gasteiger partial charge in [0.1, 0.15) is 11.6 Å². The summed E-state index contributed by atoms with van der Waals surface area (Å²) < 4.78 is 6.99. The zero-order valence-corrected chi connectivity index (χ0v) is 19.3. The number of nitrogens with one attached hydrogen (secondary N) is 2. The molecule has 1 atom stereocenters. The maximum absolute atomic E-state index is 13.2. The van der Waals surface area contributed by atoms with Crippen LogP contribution in [0.4, 0.5) is 11.6 Å². The van der Waals surface area contributed by atoms with Gasteiger partial charge in [-0.2, -0.15) is 4.98 Å². The number of anilines is 2. The van der Waals surface area contributed by atoms with Crippen LogP contribution in [0.2, 0.25) is 0 Å². The van der Waals surface area contributed by atoms with Crippen LogP contribution < -0.4 is 16.3 Å². The van der Waals surface area contributed by atoms with Gasteiger partial charge in [0, 0.05) is 17.3 Å². The van der Waals surface area contributed by atoms with Crippen LogP contribution in [0.3, 0.4) is 0 Å². The molecular formula is C26H28N4O3. The lowest BCUT2D eigenvalue weighted by molar-refractivity contribution is -0.138. The Bertz CT molecular complexity index is 1250. The largest absolute Gasteiger partial charge is 0.463 e. The van der Waals surface area contributed by atoms with Crippen LogP contribution in [0.25, 0.3) is 5.69 Å². The molecule has 0 radical (unpaired) electrons. The first-order valence-electron chi connectivity index (χ1n) is 11.1. The molecule has 2 N–H and O–H groups in total. The zero-order chi connectivity index (χ0) is 23.5. The van der Waals surface area contributed by atoms with E-state index in [1.165, 1.54) is 0 Å². The summed E-state index contributed by atoms with van der Waals surface area (Å²) >= 11 is 0. The van der Waals surface area contributed by atoms with Crippen molar-refractivity contribution >= 4 is 17.6 Å². The van der Waals surface area contributed by atoms with Crippen LogP contribution in [-0.4, -0.2) is 28.2 Å². The van der Waals surface area contributed by atoms with Gasteiger partial charge in [0.2, 0.25) is 0 Å². The summed E-state index contributed by atoms with van der Waals surface area (Å²) in [5.74, 6) is 0.178. The summed E-state index contributed by atoms with van der Waals surface area (Å²) in [6.07, 6.45) is 0. The highest BCUT2D eigenvalue weighted by molar-refractivity contribution is 5.95. The molecule has 0 amide bonds. The van der Waals surface area contributed by atoms with E-state index in [4.69, 9.17) is 4.74 Å². The molecule has 0 fully saturated rings. The fourth-order valence-corrected chi connectivity index (χ4v) is 4.20. The minimum absolute atomic E-state index is 0.0306. The summed E-state index contributed by atoms with van der Waals surface area (Å²) in [7, 11) is 0. The first-order chi connectivity index (χ1) is 15.9. The highest BCUT2D eigenvalue weighted by atomic mass is 16.5. The van der Waals surface area contributed by atoms with E-state index in [1.807, 2.05) is 81.4 Å². The van der Waals surface area contributed by atoms with Crippen LogP contribution in [0, 0.1) is 0 Å². The molecule has 1 aromatic heterocycles. The summed E-state index contributed by atoms with van der Waals surface area (Å²) in [4.78, 5) is 30.8. The molecule has 2 heterocycles. The molecule has 0 saturated carbocycles. The van der Waals surface area contributed by atoms with Gasteiger partial charge < -0.3 is 15.4 Å². The molecule has 2 aromatic carbocycles. The van der Waals surface area contributed by atoms with Gasteiger partial charge in [-0.25, -0.2) is 14.2 Å². The van der Waals surface area contributed by atoms with E-state index in [0.717, 1.165) is 11.1 Å². The van der Waals surface area contributed by atoms with Crippen molar-refractivity contribution in [2.45, 2.75) is 39.7 Å². The lowest BCUT2D eigenvalue weighted by atomic mass is 9.81. The van der Waals surface area contributed by atoms with E-state index in [2.05, 4.69) is 15.6 Å². The number of para-hydroxylation sites is 1. The van der Waals surface area contributed by atoms with Crippen LogP contribution in [0.15, 0.2) is 76.7 Å². The van der Waals surface area contributed by atoms with E-state index in [1.54, 1.807) is 11.5 Å². The number of ether oxygens (including phenoxy) is 1. The molecular weight excluding hydrogens is 416 g/mol. The van der Waals surface area contributed by atoms with E-state index >= 15 is 0 Å². The van der Waals surface area contributed by atoms with Gasteiger partial charge in [0.25, 0.3) is 0 Å². The second-order valence-corrected chi connectivity index (χ2v) is 8.20. The van der Waals surface area contributed by atoms with Gasteiger partial charge in [0.05, 0.1) is 23.8 Å². The average Bonchev–Trinajstić information content (AvgIpc) is 2.79. The highest BCUT2D eigenvalue weighted by Crippen LogP contribution is 2.45. The number of aromatic nitrogens is 2. The Morgan fingerprint density at radius 2 is 1.76 bits per heavy atom. The number of allylic oxidation sites excluding steroid dienone is 1. The fraction of sp³-hybridized carbons (Fsp3) is 0.269. The van der Waals surface area contributed by atoms with Crippen molar-refractivity contribution in [2.75, 3.05) is 17.2 Å². The fourth-order valence-electron chi connectivity index (χ4n) is 4.20. The van der Waals surface area contributed by atoms with E-state index in [-0.39, 0.29) is 12.6 Å². The summed E-state index contributed by atoms with van der Waals surface area (Å²) in [6.45, 7) is 7.86. The van der Waals surface area contributed by atoms with Gasteiger partial charge in [0.15, 0.2) is 0 Å². The van der Waals surface area contributed by atoms with Crippen LogP contribution in [0.5, 0.6) is 0 Å².